The van der Waals surface area contributed by atoms with Gasteiger partial charge in [-0.1, -0.05) is 13.8 Å². The minimum absolute atomic E-state index is 0.0603. The molecule has 1 unspecified atom stereocenters. The zero-order valence-corrected chi connectivity index (χ0v) is 12.3. The van der Waals surface area contributed by atoms with Gasteiger partial charge in [0.05, 0.1) is 11.9 Å². The van der Waals surface area contributed by atoms with Crippen molar-refractivity contribution in [2.75, 3.05) is 7.05 Å². The molecule has 8 heteroatoms. The third-order valence-corrected chi connectivity index (χ3v) is 4.23. The first-order valence-corrected chi connectivity index (χ1v) is 7.50. The minimum atomic E-state index is -3.75. The lowest BCUT2D eigenvalue weighted by Gasteiger charge is -2.18. The lowest BCUT2D eigenvalue weighted by Crippen LogP contribution is -2.46. The molecule has 0 bridgehead atoms. The van der Waals surface area contributed by atoms with Gasteiger partial charge in [-0.25, -0.2) is 8.42 Å². The van der Waals surface area contributed by atoms with E-state index in [0.717, 1.165) is 0 Å². The summed E-state index contributed by atoms with van der Waals surface area (Å²) in [7, 11) is -2.27. The summed E-state index contributed by atoms with van der Waals surface area (Å²) in [6.45, 7) is 5.46. The zero-order valence-electron chi connectivity index (χ0n) is 11.5. The van der Waals surface area contributed by atoms with Crippen molar-refractivity contribution in [1.29, 1.82) is 0 Å². The molecule has 0 aromatic carbocycles. The Morgan fingerprint density at radius 3 is 2.53 bits per heavy atom. The number of likely N-dealkylation sites (N-methyl/N-ethyl adjacent to an activating group) is 1. The molecule has 19 heavy (non-hydrogen) atoms. The smallest absolute Gasteiger partial charge is 0.244 e. The highest BCUT2D eigenvalue weighted by Crippen LogP contribution is 2.14. The van der Waals surface area contributed by atoms with Crippen LogP contribution in [0.4, 0.5) is 0 Å². The second-order valence-electron chi connectivity index (χ2n) is 4.78. The van der Waals surface area contributed by atoms with Crippen LogP contribution in [-0.2, 0) is 14.8 Å². The number of aromatic amines is 1. The van der Waals surface area contributed by atoms with Gasteiger partial charge in [-0.3, -0.25) is 9.89 Å². The van der Waals surface area contributed by atoms with Gasteiger partial charge in [0.1, 0.15) is 10.9 Å². The van der Waals surface area contributed by atoms with E-state index in [0.29, 0.717) is 12.1 Å². The third kappa shape index (κ3) is 4.03. The van der Waals surface area contributed by atoms with Crippen LogP contribution < -0.4 is 10.0 Å². The topological polar surface area (TPSA) is 104 Å². The lowest BCUT2D eigenvalue weighted by atomic mass is 10.0. The molecular formula is C11H20N4O3S. The molecule has 1 rings (SSSR count). The Bertz CT molecular complexity index is 536. The van der Waals surface area contributed by atoms with E-state index < -0.39 is 16.1 Å². The van der Waals surface area contributed by atoms with E-state index in [1.807, 2.05) is 13.8 Å². The van der Waals surface area contributed by atoms with Crippen molar-refractivity contribution < 1.29 is 13.2 Å². The molecule has 1 aromatic heterocycles. The predicted molar refractivity (Wildman–Crippen MR) is 71.0 cm³/mol. The summed E-state index contributed by atoms with van der Waals surface area (Å²) in [6, 6.07) is -0.788. The number of aromatic nitrogens is 2. The number of H-pyrrole nitrogens is 1. The summed E-state index contributed by atoms with van der Waals surface area (Å²) in [4.78, 5) is 11.8. The normalized spacial score (nSPS) is 13.5. The number of sulfonamides is 1. The number of rotatable bonds is 6. The molecule has 1 atom stereocenters. The van der Waals surface area contributed by atoms with Crippen molar-refractivity contribution in [2.24, 2.45) is 5.92 Å². The number of nitrogens with one attached hydrogen (secondary N) is 3. The van der Waals surface area contributed by atoms with Gasteiger partial charge in [0.25, 0.3) is 0 Å². The van der Waals surface area contributed by atoms with Gasteiger partial charge in [0.2, 0.25) is 15.9 Å². The van der Waals surface area contributed by atoms with E-state index >= 15 is 0 Å². The van der Waals surface area contributed by atoms with Crippen molar-refractivity contribution in [2.45, 2.75) is 38.1 Å². The number of hydrogen-bond acceptors (Lipinski definition) is 4. The van der Waals surface area contributed by atoms with Crippen LogP contribution in [0.2, 0.25) is 0 Å². The Balaban J connectivity index is 2.96. The van der Waals surface area contributed by atoms with Gasteiger partial charge < -0.3 is 5.32 Å². The summed E-state index contributed by atoms with van der Waals surface area (Å²) < 4.78 is 26.8. The van der Waals surface area contributed by atoms with Crippen molar-refractivity contribution >= 4 is 15.9 Å². The van der Waals surface area contributed by atoms with Crippen molar-refractivity contribution in [3.63, 3.8) is 0 Å². The summed E-state index contributed by atoms with van der Waals surface area (Å²) in [5.41, 5.74) is 0.438. The van der Waals surface area contributed by atoms with Gasteiger partial charge in [0, 0.05) is 7.05 Å². The van der Waals surface area contributed by atoms with Gasteiger partial charge in [-0.2, -0.15) is 9.82 Å². The Kier molecular flexibility index (Phi) is 5.07. The lowest BCUT2D eigenvalue weighted by molar-refractivity contribution is -0.122. The molecule has 0 spiro atoms. The van der Waals surface area contributed by atoms with Crippen LogP contribution in [0.15, 0.2) is 11.1 Å². The molecule has 7 nitrogen and oxygen atoms in total. The molecule has 1 aromatic rings. The third-order valence-electron chi connectivity index (χ3n) is 2.64. The maximum absolute atomic E-state index is 12.2. The molecule has 1 heterocycles. The SMILES string of the molecule is CNC(=O)C(CC(C)C)NS(=O)(=O)c1cn[nH]c1C. The van der Waals surface area contributed by atoms with Crippen molar-refractivity contribution in [1.82, 2.24) is 20.2 Å². The van der Waals surface area contributed by atoms with E-state index in [1.54, 1.807) is 6.92 Å². The molecule has 0 aliphatic carbocycles. The molecule has 0 aliphatic rings. The number of nitrogens with zero attached hydrogens (tertiary/aromatic N) is 1. The van der Waals surface area contributed by atoms with Crippen LogP contribution in [0.3, 0.4) is 0 Å². The average molecular weight is 288 g/mol. The predicted octanol–water partition coefficient (Wildman–Crippen LogP) is 0.157. The Hall–Kier alpha value is -1.41. The second-order valence-corrected chi connectivity index (χ2v) is 6.46. The number of aryl methyl sites for hydroxylation is 1. The maximum Gasteiger partial charge on any atom is 0.244 e. The zero-order chi connectivity index (χ0) is 14.6. The van der Waals surface area contributed by atoms with E-state index in [9.17, 15) is 13.2 Å². The summed E-state index contributed by atoms with van der Waals surface area (Å²) >= 11 is 0. The first-order chi connectivity index (χ1) is 8.77. The highest BCUT2D eigenvalue weighted by Gasteiger charge is 2.27. The Morgan fingerprint density at radius 1 is 1.47 bits per heavy atom. The molecule has 0 saturated carbocycles. The van der Waals surface area contributed by atoms with Crippen LogP contribution in [0.5, 0.6) is 0 Å². The van der Waals surface area contributed by atoms with Crippen molar-refractivity contribution in [3.05, 3.63) is 11.9 Å². The summed E-state index contributed by atoms with van der Waals surface area (Å²) in [6.07, 6.45) is 1.66. The van der Waals surface area contributed by atoms with Crippen LogP contribution in [0.1, 0.15) is 26.0 Å². The number of carbonyl (C=O) groups excluding carboxylic acids is 1. The van der Waals surface area contributed by atoms with E-state index in [4.69, 9.17) is 0 Å². The minimum Gasteiger partial charge on any atom is -0.358 e. The molecule has 0 fully saturated rings. The molecule has 3 N–H and O–H groups in total. The van der Waals surface area contributed by atoms with Crippen LogP contribution in [-0.4, -0.2) is 37.6 Å². The molecule has 0 saturated heterocycles. The fraction of sp³-hybridized carbons (Fsp3) is 0.636. The summed E-state index contributed by atoms with van der Waals surface area (Å²) in [5, 5.41) is 8.70. The average Bonchev–Trinajstić information content (AvgIpc) is 2.73. The van der Waals surface area contributed by atoms with E-state index in [-0.39, 0.29) is 16.7 Å². The molecule has 108 valence electrons. The quantitative estimate of drug-likeness (QED) is 0.693. The van der Waals surface area contributed by atoms with Crippen LogP contribution >= 0.6 is 0 Å². The van der Waals surface area contributed by atoms with Gasteiger partial charge in [-0.15, -0.1) is 0 Å². The van der Waals surface area contributed by atoms with E-state index in [2.05, 4.69) is 20.2 Å². The molecular weight excluding hydrogens is 268 g/mol. The Labute approximate surface area is 113 Å². The van der Waals surface area contributed by atoms with Gasteiger partial charge in [-0.05, 0) is 19.3 Å². The monoisotopic (exact) mass is 288 g/mol. The fourth-order valence-electron chi connectivity index (χ4n) is 1.72. The highest BCUT2D eigenvalue weighted by molar-refractivity contribution is 7.89. The molecule has 0 radical (unpaired) electrons. The van der Waals surface area contributed by atoms with Gasteiger partial charge in [0.15, 0.2) is 0 Å². The first-order valence-electron chi connectivity index (χ1n) is 6.01. The van der Waals surface area contributed by atoms with Crippen LogP contribution in [0, 0.1) is 12.8 Å². The van der Waals surface area contributed by atoms with Gasteiger partial charge >= 0.3 is 0 Å². The standard InChI is InChI=1S/C11H20N4O3S/c1-7(2)5-9(11(16)12-4)15-19(17,18)10-6-13-14-8(10)3/h6-7,9,15H,5H2,1-4H3,(H,12,16)(H,13,14). The number of amides is 1. The summed E-state index contributed by atoms with van der Waals surface area (Å²) in [5.74, 6) is -0.158. The largest absolute Gasteiger partial charge is 0.358 e. The molecule has 0 aliphatic heterocycles. The van der Waals surface area contributed by atoms with Crippen LogP contribution in [0.25, 0.3) is 0 Å². The second kappa shape index (κ2) is 6.16. The first kappa shape index (κ1) is 15.6. The van der Waals surface area contributed by atoms with Crippen molar-refractivity contribution in [3.8, 4) is 0 Å². The van der Waals surface area contributed by atoms with E-state index in [1.165, 1.54) is 13.2 Å². The number of carbonyl (C=O) groups is 1. The Morgan fingerprint density at radius 2 is 2.11 bits per heavy atom. The highest BCUT2D eigenvalue weighted by atomic mass is 32.2. The molecule has 1 amide bonds. The number of hydrogen-bond donors (Lipinski definition) is 3. The fourth-order valence-corrected chi connectivity index (χ4v) is 3.06. The maximum atomic E-state index is 12.2.